The van der Waals surface area contributed by atoms with E-state index in [2.05, 4.69) is 15.3 Å². The van der Waals surface area contributed by atoms with Crippen LogP contribution in [0.1, 0.15) is 101 Å². The predicted octanol–water partition coefficient (Wildman–Crippen LogP) is 6.65. The Hall–Kier alpha value is -3.27. The first-order chi connectivity index (χ1) is 18.4. The van der Waals surface area contributed by atoms with E-state index >= 15 is 4.39 Å². The average Bonchev–Trinajstić information content (AvgIpc) is 3.61. The van der Waals surface area contributed by atoms with Crippen LogP contribution in [0.2, 0.25) is 0 Å². The maximum atomic E-state index is 16.1. The van der Waals surface area contributed by atoms with Crippen LogP contribution in [0.3, 0.4) is 0 Å². The Bertz CT molecular complexity index is 1390. The number of carbonyl (C=O) groups is 1. The number of alkyl halides is 1. The number of ether oxygens (including phenoxy) is 1. The largest absolute Gasteiger partial charge is 0.444 e. The van der Waals surface area contributed by atoms with Crippen molar-refractivity contribution in [1.82, 2.24) is 19.3 Å². The number of piperidine rings is 1. The summed E-state index contributed by atoms with van der Waals surface area (Å²) in [5, 5.41) is 14.1. The minimum absolute atomic E-state index is 0.0455. The second-order valence-corrected chi connectivity index (χ2v) is 12.1. The summed E-state index contributed by atoms with van der Waals surface area (Å²) in [5.74, 6) is 0.0216. The number of aliphatic hydroxyl groups is 1. The standard InChI is InChI=1S/C29H37F2N5O3/c1-28(2,3)39-27(37)36-13-7-6-8-21(36)19-15-35-16-20(23(29(4,5)38)24(31)26(35)33-19)32-22-12-11-18(14-30)25(34-22)17-9-10-17/h11-12,15-17,21,38H,6-10,13-14H2,1-5H3,(H,32,34). The van der Waals surface area contributed by atoms with E-state index in [4.69, 9.17) is 4.74 Å². The number of carbonyl (C=O) groups excluding carboxylic acids is 1. The lowest BCUT2D eigenvalue weighted by Gasteiger charge is -2.35. The Kier molecular flexibility index (Phi) is 7.03. The fourth-order valence-corrected chi connectivity index (χ4v) is 5.27. The van der Waals surface area contributed by atoms with Crippen LogP contribution in [-0.4, -0.2) is 42.6 Å². The van der Waals surface area contributed by atoms with Gasteiger partial charge in [0.15, 0.2) is 11.5 Å². The van der Waals surface area contributed by atoms with Crippen molar-refractivity contribution in [2.75, 3.05) is 11.9 Å². The number of imidazole rings is 1. The average molecular weight is 542 g/mol. The second-order valence-electron chi connectivity index (χ2n) is 12.1. The topological polar surface area (TPSA) is 92.0 Å². The number of hydrogen-bond acceptors (Lipinski definition) is 6. The van der Waals surface area contributed by atoms with Crippen molar-refractivity contribution in [2.45, 2.75) is 96.6 Å². The van der Waals surface area contributed by atoms with E-state index in [0.29, 0.717) is 35.7 Å². The highest BCUT2D eigenvalue weighted by Gasteiger charge is 2.35. The van der Waals surface area contributed by atoms with E-state index in [-0.39, 0.29) is 23.2 Å². The first-order valence-electron chi connectivity index (χ1n) is 13.6. The number of fused-ring (bicyclic) bond motifs is 1. The number of nitrogens with one attached hydrogen (secondary N) is 1. The molecule has 4 heterocycles. The molecule has 5 rings (SSSR count). The molecule has 0 spiro atoms. The molecule has 10 heteroatoms. The third-order valence-corrected chi connectivity index (χ3v) is 7.17. The number of aromatic nitrogens is 3. The van der Waals surface area contributed by atoms with Crippen LogP contribution in [-0.2, 0) is 17.0 Å². The molecule has 39 heavy (non-hydrogen) atoms. The molecule has 0 aromatic carbocycles. The van der Waals surface area contributed by atoms with Gasteiger partial charge in [0.1, 0.15) is 18.1 Å². The van der Waals surface area contributed by atoms with E-state index in [1.807, 2.05) is 20.8 Å². The number of likely N-dealkylation sites (tertiary alicyclic amines) is 1. The number of pyridine rings is 2. The van der Waals surface area contributed by atoms with Crippen molar-refractivity contribution < 1.29 is 23.4 Å². The smallest absolute Gasteiger partial charge is 0.410 e. The molecule has 1 aliphatic carbocycles. The van der Waals surface area contributed by atoms with Gasteiger partial charge < -0.3 is 19.6 Å². The van der Waals surface area contributed by atoms with E-state index in [9.17, 15) is 14.3 Å². The van der Waals surface area contributed by atoms with Crippen LogP contribution in [0, 0.1) is 5.82 Å². The number of halogens is 2. The van der Waals surface area contributed by atoms with E-state index in [1.165, 1.54) is 13.8 Å². The first kappa shape index (κ1) is 27.3. The Labute approximate surface area is 227 Å². The molecule has 1 atom stereocenters. The van der Waals surface area contributed by atoms with Gasteiger partial charge in [0, 0.05) is 36.0 Å². The zero-order valence-electron chi connectivity index (χ0n) is 23.2. The summed E-state index contributed by atoms with van der Waals surface area (Å²) in [6, 6.07) is 3.01. The van der Waals surface area contributed by atoms with E-state index in [1.54, 1.807) is 33.8 Å². The zero-order chi connectivity index (χ0) is 28.1. The lowest BCUT2D eigenvalue weighted by Crippen LogP contribution is -2.42. The van der Waals surface area contributed by atoms with Gasteiger partial charge in [-0.15, -0.1) is 0 Å². The Morgan fingerprint density at radius 1 is 1.13 bits per heavy atom. The van der Waals surface area contributed by atoms with Crippen molar-refractivity contribution in [3.8, 4) is 0 Å². The first-order valence-corrected chi connectivity index (χ1v) is 13.6. The normalized spacial score (nSPS) is 18.5. The molecule has 3 aromatic heterocycles. The van der Waals surface area contributed by atoms with E-state index in [0.717, 1.165) is 31.4 Å². The van der Waals surface area contributed by atoms with Crippen molar-refractivity contribution >= 4 is 23.2 Å². The summed E-state index contributed by atoms with van der Waals surface area (Å²) in [5.41, 5.74) is 0.0949. The third-order valence-electron chi connectivity index (χ3n) is 7.17. The summed E-state index contributed by atoms with van der Waals surface area (Å²) in [7, 11) is 0. The number of nitrogens with zero attached hydrogens (tertiary/aromatic N) is 4. The number of anilines is 2. The van der Waals surface area contributed by atoms with Crippen LogP contribution >= 0.6 is 0 Å². The van der Waals surface area contributed by atoms with Gasteiger partial charge in [-0.2, -0.15) is 0 Å². The maximum Gasteiger partial charge on any atom is 0.410 e. The molecule has 1 saturated heterocycles. The molecule has 210 valence electrons. The van der Waals surface area contributed by atoms with Crippen LogP contribution in [0.15, 0.2) is 24.5 Å². The summed E-state index contributed by atoms with van der Waals surface area (Å²) in [4.78, 5) is 23.9. The molecular formula is C29H37F2N5O3. The summed E-state index contributed by atoms with van der Waals surface area (Å²) in [6.07, 6.45) is 7.36. The Morgan fingerprint density at radius 3 is 2.51 bits per heavy atom. The van der Waals surface area contributed by atoms with Crippen LogP contribution in [0.25, 0.3) is 5.65 Å². The van der Waals surface area contributed by atoms with Gasteiger partial charge in [-0.3, -0.25) is 4.90 Å². The second kappa shape index (κ2) is 10.0. The molecule has 1 saturated carbocycles. The quantitative estimate of drug-likeness (QED) is 0.363. The molecule has 2 N–H and O–H groups in total. The van der Waals surface area contributed by atoms with E-state index < -0.39 is 29.8 Å². The Morgan fingerprint density at radius 2 is 1.87 bits per heavy atom. The molecule has 1 unspecified atom stereocenters. The van der Waals surface area contributed by atoms with Crippen molar-refractivity contribution in [3.05, 3.63) is 52.9 Å². The number of rotatable bonds is 6. The summed E-state index contributed by atoms with van der Waals surface area (Å²) >= 11 is 0. The fourth-order valence-electron chi connectivity index (χ4n) is 5.27. The van der Waals surface area contributed by atoms with Gasteiger partial charge in [-0.05, 0) is 72.8 Å². The fraction of sp³-hybridized carbons (Fsp3) is 0.552. The zero-order valence-corrected chi connectivity index (χ0v) is 23.2. The van der Waals surface area contributed by atoms with Crippen molar-refractivity contribution in [1.29, 1.82) is 0 Å². The monoisotopic (exact) mass is 541 g/mol. The summed E-state index contributed by atoms with van der Waals surface area (Å²) in [6.45, 7) is 8.43. The predicted molar refractivity (Wildman–Crippen MR) is 144 cm³/mol. The molecule has 0 bridgehead atoms. The highest BCUT2D eigenvalue weighted by molar-refractivity contribution is 5.69. The molecule has 8 nitrogen and oxygen atoms in total. The molecule has 2 aliphatic rings. The van der Waals surface area contributed by atoms with Crippen LogP contribution < -0.4 is 5.32 Å². The van der Waals surface area contributed by atoms with Gasteiger partial charge in [0.25, 0.3) is 0 Å². The van der Waals surface area contributed by atoms with Crippen molar-refractivity contribution in [3.63, 3.8) is 0 Å². The lowest BCUT2D eigenvalue weighted by atomic mass is 9.97. The summed E-state index contributed by atoms with van der Waals surface area (Å²) < 4.78 is 36.8. The molecule has 0 radical (unpaired) electrons. The van der Waals surface area contributed by atoms with Gasteiger partial charge in [0.2, 0.25) is 0 Å². The minimum Gasteiger partial charge on any atom is -0.444 e. The Balaban J connectivity index is 1.54. The SMILES string of the molecule is CC(C)(C)OC(=O)N1CCCCC1c1cn2cc(Nc3ccc(CF)c(C4CC4)n3)c(C(C)(C)O)c(F)c2n1. The molecule has 1 aliphatic heterocycles. The molecule has 3 aromatic rings. The van der Waals surface area contributed by atoms with Gasteiger partial charge in [0.05, 0.1) is 28.7 Å². The van der Waals surface area contributed by atoms with Gasteiger partial charge >= 0.3 is 6.09 Å². The van der Waals surface area contributed by atoms with Crippen LogP contribution in [0.5, 0.6) is 0 Å². The van der Waals surface area contributed by atoms with Crippen LogP contribution in [0.4, 0.5) is 25.1 Å². The minimum atomic E-state index is -1.54. The molecular weight excluding hydrogens is 504 g/mol. The number of amides is 1. The molecule has 2 fully saturated rings. The van der Waals surface area contributed by atoms with Gasteiger partial charge in [-0.1, -0.05) is 6.07 Å². The lowest BCUT2D eigenvalue weighted by molar-refractivity contribution is 0.00905. The molecule has 1 amide bonds. The maximum absolute atomic E-state index is 16.1. The third kappa shape index (κ3) is 5.71. The van der Waals surface area contributed by atoms with Crippen molar-refractivity contribution in [2.24, 2.45) is 0 Å². The number of hydrogen-bond donors (Lipinski definition) is 2. The van der Waals surface area contributed by atoms with Gasteiger partial charge in [-0.25, -0.2) is 23.5 Å². The highest BCUT2D eigenvalue weighted by atomic mass is 19.1. The highest BCUT2D eigenvalue weighted by Crippen LogP contribution is 2.42.